The van der Waals surface area contributed by atoms with Gasteiger partial charge in [-0.05, 0) is 36.4 Å². The number of fused-ring (bicyclic) bond motifs is 3. The summed E-state index contributed by atoms with van der Waals surface area (Å²) in [7, 11) is 0. The molecular weight excluding hydrogens is 438 g/mol. The maximum Gasteiger partial charge on any atom is 0.297 e. The van der Waals surface area contributed by atoms with Crippen LogP contribution < -0.4 is 16.2 Å². The number of benzene rings is 2. The van der Waals surface area contributed by atoms with Crippen LogP contribution >= 0.6 is 0 Å². The van der Waals surface area contributed by atoms with Crippen molar-refractivity contribution < 1.29 is 18.7 Å². The number of ether oxygens (including phenoxy) is 1. The third-order valence-corrected chi connectivity index (χ3v) is 5.59. The van der Waals surface area contributed by atoms with E-state index in [1.165, 1.54) is 10.9 Å². The largest absolute Gasteiger partial charge is 0.448 e. The lowest BCUT2D eigenvalue weighted by Crippen LogP contribution is -2.41. The molecule has 0 spiro atoms. The summed E-state index contributed by atoms with van der Waals surface area (Å²) in [6.07, 6.45) is 1.35. The van der Waals surface area contributed by atoms with Crippen molar-refractivity contribution >= 4 is 45.3 Å². The zero-order chi connectivity index (χ0) is 23.5. The van der Waals surface area contributed by atoms with Gasteiger partial charge in [0.05, 0.1) is 26.1 Å². The van der Waals surface area contributed by atoms with E-state index in [-0.39, 0.29) is 23.9 Å². The van der Waals surface area contributed by atoms with Crippen LogP contribution in [-0.4, -0.2) is 59.1 Å². The van der Waals surface area contributed by atoms with Crippen molar-refractivity contribution in [1.29, 1.82) is 0 Å². The Balaban J connectivity index is 1.20. The number of aromatic nitrogens is 2. The molecule has 2 amide bonds. The van der Waals surface area contributed by atoms with Gasteiger partial charge in [0, 0.05) is 29.9 Å². The van der Waals surface area contributed by atoms with Gasteiger partial charge in [-0.15, -0.1) is 0 Å². The molecule has 1 fully saturated rings. The van der Waals surface area contributed by atoms with Gasteiger partial charge in [-0.1, -0.05) is 12.1 Å². The van der Waals surface area contributed by atoms with Crippen LogP contribution in [-0.2, 0) is 20.9 Å². The normalized spacial score (nSPS) is 14.4. The van der Waals surface area contributed by atoms with Gasteiger partial charge in [-0.2, -0.15) is 0 Å². The Bertz CT molecular complexity index is 1400. The van der Waals surface area contributed by atoms with Gasteiger partial charge in [0.25, 0.3) is 5.56 Å². The first-order valence-corrected chi connectivity index (χ1v) is 10.9. The number of carbonyl (C=O) groups is 2. The number of anilines is 2. The summed E-state index contributed by atoms with van der Waals surface area (Å²) >= 11 is 0. The Morgan fingerprint density at radius 3 is 2.26 bits per heavy atom. The van der Waals surface area contributed by atoms with Crippen molar-refractivity contribution in [2.45, 2.75) is 6.54 Å². The molecule has 1 saturated heterocycles. The van der Waals surface area contributed by atoms with Crippen LogP contribution in [0.4, 0.5) is 11.4 Å². The lowest BCUT2D eigenvalue weighted by Gasteiger charge is -2.25. The Hall–Kier alpha value is -4.02. The van der Waals surface area contributed by atoms with Gasteiger partial charge >= 0.3 is 0 Å². The minimum atomic E-state index is -0.422. The number of nitrogens with zero attached hydrogens (tertiary/aromatic N) is 3. The third-order valence-electron chi connectivity index (χ3n) is 5.59. The highest BCUT2D eigenvalue weighted by Gasteiger charge is 2.16. The monoisotopic (exact) mass is 461 g/mol. The summed E-state index contributed by atoms with van der Waals surface area (Å²) in [5.41, 5.74) is 1.92. The number of hydrogen-bond acceptors (Lipinski definition) is 7. The average Bonchev–Trinajstić information content (AvgIpc) is 3.22. The van der Waals surface area contributed by atoms with E-state index in [0.717, 1.165) is 18.5 Å². The number of hydrogen-bond donors (Lipinski definition) is 2. The first-order valence-electron chi connectivity index (χ1n) is 10.9. The molecule has 0 radical (unpaired) electrons. The van der Waals surface area contributed by atoms with Crippen LogP contribution in [0, 0.1) is 0 Å². The van der Waals surface area contributed by atoms with Gasteiger partial charge in [0.15, 0.2) is 0 Å². The molecule has 10 nitrogen and oxygen atoms in total. The highest BCUT2D eigenvalue weighted by atomic mass is 16.5. The number of rotatable bonds is 6. The van der Waals surface area contributed by atoms with Crippen molar-refractivity contribution in [2.75, 3.05) is 43.5 Å². The Morgan fingerprint density at radius 2 is 1.56 bits per heavy atom. The van der Waals surface area contributed by atoms with Crippen molar-refractivity contribution in [1.82, 2.24) is 14.5 Å². The van der Waals surface area contributed by atoms with Crippen LogP contribution in [0.1, 0.15) is 0 Å². The van der Waals surface area contributed by atoms with Gasteiger partial charge in [-0.3, -0.25) is 23.9 Å². The van der Waals surface area contributed by atoms with E-state index in [2.05, 4.69) is 15.6 Å². The number of morpholine rings is 1. The van der Waals surface area contributed by atoms with Crippen molar-refractivity contribution in [3.63, 3.8) is 0 Å². The second kappa shape index (κ2) is 9.46. The molecule has 0 bridgehead atoms. The van der Waals surface area contributed by atoms with E-state index in [1.54, 1.807) is 30.3 Å². The molecule has 5 rings (SSSR count). The first-order chi connectivity index (χ1) is 16.6. The predicted octanol–water partition coefficient (Wildman–Crippen LogP) is 2.05. The predicted molar refractivity (Wildman–Crippen MR) is 127 cm³/mol. The second-order valence-electron chi connectivity index (χ2n) is 8.02. The van der Waals surface area contributed by atoms with E-state index < -0.39 is 5.56 Å². The van der Waals surface area contributed by atoms with Gasteiger partial charge < -0.3 is 19.8 Å². The van der Waals surface area contributed by atoms with Crippen molar-refractivity contribution in [3.8, 4) is 0 Å². The van der Waals surface area contributed by atoms with E-state index >= 15 is 0 Å². The minimum absolute atomic E-state index is 0.105. The number of para-hydroxylation sites is 1. The molecule has 1 aliphatic heterocycles. The lowest BCUT2D eigenvalue weighted by atomic mass is 10.2. The summed E-state index contributed by atoms with van der Waals surface area (Å²) in [6, 6.07) is 14.1. The van der Waals surface area contributed by atoms with Crippen LogP contribution in [0.2, 0.25) is 0 Å². The SMILES string of the molecule is O=C(CN1CCOCC1)Nc1ccc(NC(=O)Cn2cnc3c(oc4ccccc43)c2=O)cc1. The maximum absolute atomic E-state index is 12.8. The molecule has 174 valence electrons. The topological polar surface area (TPSA) is 119 Å². The second-order valence-corrected chi connectivity index (χ2v) is 8.02. The quantitative estimate of drug-likeness (QED) is 0.451. The molecule has 0 unspecified atom stereocenters. The molecule has 0 aliphatic carbocycles. The fourth-order valence-electron chi connectivity index (χ4n) is 3.88. The average molecular weight is 461 g/mol. The smallest absolute Gasteiger partial charge is 0.297 e. The van der Waals surface area contributed by atoms with Gasteiger partial charge in [0.1, 0.15) is 17.6 Å². The zero-order valence-electron chi connectivity index (χ0n) is 18.3. The van der Waals surface area contributed by atoms with E-state index in [1.807, 2.05) is 23.1 Å². The van der Waals surface area contributed by atoms with Crippen LogP contribution in [0.15, 0.2) is 64.1 Å². The molecule has 1 aliphatic rings. The molecule has 34 heavy (non-hydrogen) atoms. The highest BCUT2D eigenvalue weighted by Crippen LogP contribution is 2.24. The van der Waals surface area contributed by atoms with Crippen LogP contribution in [0.5, 0.6) is 0 Å². The number of furan rings is 1. The minimum Gasteiger partial charge on any atom is -0.448 e. The van der Waals surface area contributed by atoms with Gasteiger partial charge in [-0.25, -0.2) is 4.98 Å². The Labute approximate surface area is 194 Å². The molecule has 0 atom stereocenters. The summed E-state index contributed by atoms with van der Waals surface area (Å²) in [4.78, 5) is 43.9. The zero-order valence-corrected chi connectivity index (χ0v) is 18.3. The standard InChI is InChI=1S/C24H23N5O5/c30-20(13-28-9-11-33-12-10-28)26-16-5-7-17(8-6-16)27-21(31)14-29-15-25-22-18-3-1-2-4-19(18)34-23(22)24(29)32/h1-8,15H,9-14H2,(H,26,30)(H,27,31). The fraction of sp³-hybridized carbons (Fsp3) is 0.250. The van der Waals surface area contributed by atoms with Gasteiger partial charge in [0.2, 0.25) is 17.4 Å². The summed E-state index contributed by atoms with van der Waals surface area (Å²) in [5, 5.41) is 6.35. The van der Waals surface area contributed by atoms with E-state index in [0.29, 0.717) is 42.2 Å². The van der Waals surface area contributed by atoms with E-state index in [4.69, 9.17) is 9.15 Å². The number of amides is 2. The molecule has 10 heteroatoms. The molecule has 2 N–H and O–H groups in total. The molecule has 0 saturated carbocycles. The number of nitrogens with one attached hydrogen (secondary N) is 2. The molecule has 4 aromatic rings. The van der Waals surface area contributed by atoms with Crippen LogP contribution in [0.25, 0.3) is 22.1 Å². The first kappa shape index (κ1) is 21.8. The number of carbonyl (C=O) groups excluding carboxylic acids is 2. The summed E-state index contributed by atoms with van der Waals surface area (Å²) < 4.78 is 12.1. The Kier molecular flexibility index (Phi) is 6.07. The third kappa shape index (κ3) is 4.68. The van der Waals surface area contributed by atoms with Crippen molar-refractivity contribution in [3.05, 3.63) is 65.2 Å². The summed E-state index contributed by atoms with van der Waals surface area (Å²) in [5.74, 6) is -0.491. The molecule has 3 heterocycles. The van der Waals surface area contributed by atoms with E-state index in [9.17, 15) is 14.4 Å². The Morgan fingerprint density at radius 1 is 0.912 bits per heavy atom. The highest BCUT2D eigenvalue weighted by molar-refractivity contribution is 6.01. The summed E-state index contributed by atoms with van der Waals surface area (Å²) in [6.45, 7) is 2.84. The maximum atomic E-state index is 12.8. The molecule has 2 aromatic carbocycles. The molecule has 2 aromatic heterocycles. The molecular formula is C24H23N5O5. The van der Waals surface area contributed by atoms with Crippen LogP contribution in [0.3, 0.4) is 0 Å². The lowest BCUT2D eigenvalue weighted by molar-refractivity contribution is -0.118. The fourth-order valence-corrected chi connectivity index (χ4v) is 3.88. The van der Waals surface area contributed by atoms with Crippen molar-refractivity contribution in [2.24, 2.45) is 0 Å².